The minimum Gasteiger partial charge on any atom is -0.507 e. The molecule has 29 heavy (non-hydrogen) atoms. The molecule has 0 unspecified atom stereocenters. The van der Waals surface area contributed by atoms with Crippen molar-refractivity contribution in [3.8, 4) is 5.75 Å². The van der Waals surface area contributed by atoms with Crippen LogP contribution in [0.3, 0.4) is 0 Å². The fourth-order valence-electron chi connectivity index (χ4n) is 3.22. The lowest BCUT2D eigenvalue weighted by atomic mass is 9.78. The van der Waals surface area contributed by atoms with E-state index in [1.807, 2.05) is 85.7 Å². The average molecular weight is 395 g/mol. The maximum absolute atomic E-state index is 13.0. The van der Waals surface area contributed by atoms with Gasteiger partial charge in [-0.3, -0.25) is 4.79 Å². The second-order valence-electron chi connectivity index (χ2n) is 9.88. The molecule has 4 nitrogen and oxygen atoms in total. The lowest BCUT2D eigenvalue weighted by molar-refractivity contribution is 0.0954. The van der Waals surface area contributed by atoms with E-state index >= 15 is 0 Å². The quantitative estimate of drug-likeness (QED) is 0.510. The van der Waals surface area contributed by atoms with Gasteiger partial charge in [0.1, 0.15) is 5.75 Å². The van der Waals surface area contributed by atoms with Crippen LogP contribution in [0.25, 0.3) is 0 Å². The molecule has 0 aliphatic rings. The summed E-state index contributed by atoms with van der Waals surface area (Å²) in [4.78, 5) is 13.0. The van der Waals surface area contributed by atoms with Crippen LogP contribution < -0.4 is 5.43 Å². The zero-order valence-corrected chi connectivity index (χ0v) is 18.9. The first-order valence-corrected chi connectivity index (χ1v) is 10.1. The van der Waals surface area contributed by atoms with Gasteiger partial charge in [-0.1, -0.05) is 85.7 Å². The third-order valence-electron chi connectivity index (χ3n) is 4.88. The van der Waals surface area contributed by atoms with Crippen LogP contribution in [0, 0.1) is 5.92 Å². The minimum absolute atomic E-state index is 0.160. The fraction of sp³-hybridized carbons (Fsp3) is 0.440. The van der Waals surface area contributed by atoms with E-state index in [-0.39, 0.29) is 28.4 Å². The molecule has 0 atom stereocenters. The summed E-state index contributed by atoms with van der Waals surface area (Å²) >= 11 is 0. The molecular formula is C25H34N2O2. The molecule has 0 heterocycles. The number of nitrogens with one attached hydrogen (secondary N) is 1. The van der Waals surface area contributed by atoms with Crippen LogP contribution in [-0.2, 0) is 10.8 Å². The third kappa shape index (κ3) is 5.47. The van der Waals surface area contributed by atoms with Gasteiger partial charge in [0.25, 0.3) is 5.91 Å². The van der Waals surface area contributed by atoms with Gasteiger partial charge in [-0.25, -0.2) is 5.43 Å². The van der Waals surface area contributed by atoms with E-state index in [2.05, 4.69) is 10.5 Å². The molecule has 156 valence electrons. The molecule has 4 heteroatoms. The van der Waals surface area contributed by atoms with Crippen molar-refractivity contribution in [1.82, 2.24) is 5.43 Å². The van der Waals surface area contributed by atoms with Crippen molar-refractivity contribution in [2.24, 2.45) is 11.0 Å². The number of benzene rings is 2. The fourth-order valence-corrected chi connectivity index (χ4v) is 3.22. The average Bonchev–Trinajstić information content (AvgIpc) is 2.60. The molecule has 2 aromatic carbocycles. The SMILES string of the molecule is CC(C)C(=NNC(=O)c1cc(C(C)(C)C)c(O)c(C(C)(C)C)c1)c1ccccc1. The number of amides is 1. The van der Waals surface area contributed by atoms with E-state index in [9.17, 15) is 9.90 Å². The number of aromatic hydroxyl groups is 1. The van der Waals surface area contributed by atoms with E-state index in [1.165, 1.54) is 0 Å². The standard InChI is InChI=1S/C25H34N2O2/c1-16(2)21(17-12-10-9-11-13-17)26-27-23(29)18-14-19(24(3,4)5)22(28)20(15-18)25(6,7)8/h9-16,28H,1-8H3,(H,27,29). The Morgan fingerprint density at radius 3 is 1.79 bits per heavy atom. The summed E-state index contributed by atoms with van der Waals surface area (Å²) in [6.45, 7) is 16.3. The Hall–Kier alpha value is -2.62. The molecule has 0 radical (unpaired) electrons. The molecule has 0 saturated carbocycles. The van der Waals surface area contributed by atoms with E-state index in [1.54, 1.807) is 12.1 Å². The highest BCUT2D eigenvalue weighted by molar-refractivity contribution is 6.03. The maximum Gasteiger partial charge on any atom is 0.271 e. The zero-order valence-electron chi connectivity index (χ0n) is 18.9. The van der Waals surface area contributed by atoms with Gasteiger partial charge in [0.2, 0.25) is 0 Å². The number of rotatable bonds is 4. The molecular weight excluding hydrogens is 360 g/mol. The molecule has 0 aliphatic heterocycles. The van der Waals surface area contributed by atoms with Crippen LogP contribution >= 0.6 is 0 Å². The Balaban J connectivity index is 2.47. The van der Waals surface area contributed by atoms with Crippen molar-refractivity contribution >= 4 is 11.6 Å². The summed E-state index contributed by atoms with van der Waals surface area (Å²) in [6.07, 6.45) is 0. The Labute approximate surface area is 175 Å². The number of nitrogens with zero attached hydrogens (tertiary/aromatic N) is 1. The Morgan fingerprint density at radius 2 is 1.38 bits per heavy atom. The van der Waals surface area contributed by atoms with Crippen LogP contribution in [0.15, 0.2) is 47.6 Å². The molecule has 0 saturated heterocycles. The lowest BCUT2D eigenvalue weighted by Crippen LogP contribution is -2.24. The minimum atomic E-state index is -0.295. The number of phenols is 1. The number of carbonyl (C=O) groups is 1. The summed E-state index contributed by atoms with van der Waals surface area (Å²) in [6, 6.07) is 13.4. The lowest BCUT2D eigenvalue weighted by Gasteiger charge is -2.28. The van der Waals surface area contributed by atoms with Crippen molar-refractivity contribution in [3.05, 3.63) is 64.7 Å². The molecule has 0 aliphatic carbocycles. The first-order valence-electron chi connectivity index (χ1n) is 10.1. The molecule has 0 spiro atoms. The molecule has 0 bridgehead atoms. The number of hydrazone groups is 1. The first-order chi connectivity index (χ1) is 13.3. The largest absolute Gasteiger partial charge is 0.507 e. The van der Waals surface area contributed by atoms with Crippen molar-refractivity contribution < 1.29 is 9.90 Å². The van der Waals surface area contributed by atoms with E-state index in [4.69, 9.17) is 0 Å². The second-order valence-corrected chi connectivity index (χ2v) is 9.88. The number of hydrogen-bond donors (Lipinski definition) is 2. The van der Waals surface area contributed by atoms with Crippen molar-refractivity contribution in [1.29, 1.82) is 0 Å². The Morgan fingerprint density at radius 1 is 0.897 bits per heavy atom. The summed E-state index contributed by atoms with van der Waals surface area (Å²) < 4.78 is 0. The Bertz CT molecular complexity index is 864. The normalized spacial score (nSPS) is 12.9. The monoisotopic (exact) mass is 394 g/mol. The number of carbonyl (C=O) groups excluding carboxylic acids is 1. The maximum atomic E-state index is 13.0. The number of phenolic OH excluding ortho intramolecular Hbond substituents is 1. The molecule has 2 rings (SSSR count). The summed E-state index contributed by atoms with van der Waals surface area (Å²) in [5.74, 6) is 0.139. The van der Waals surface area contributed by atoms with Gasteiger partial charge in [0.05, 0.1) is 5.71 Å². The number of hydrogen-bond acceptors (Lipinski definition) is 3. The Kier molecular flexibility index (Phi) is 6.56. The van der Waals surface area contributed by atoms with Gasteiger partial charge in [-0.2, -0.15) is 5.10 Å². The van der Waals surface area contributed by atoms with E-state index in [0.717, 1.165) is 22.4 Å². The molecule has 2 N–H and O–H groups in total. The van der Waals surface area contributed by atoms with Gasteiger partial charge in [-0.15, -0.1) is 0 Å². The zero-order chi connectivity index (χ0) is 22.0. The highest BCUT2D eigenvalue weighted by Crippen LogP contribution is 2.39. The smallest absolute Gasteiger partial charge is 0.271 e. The summed E-state index contributed by atoms with van der Waals surface area (Å²) in [7, 11) is 0. The van der Waals surface area contributed by atoms with Gasteiger partial charge in [0.15, 0.2) is 0 Å². The van der Waals surface area contributed by atoms with Crippen LogP contribution in [0.1, 0.15) is 82.4 Å². The van der Waals surface area contributed by atoms with Gasteiger partial charge >= 0.3 is 0 Å². The van der Waals surface area contributed by atoms with Crippen LogP contribution in [0.5, 0.6) is 5.75 Å². The third-order valence-corrected chi connectivity index (χ3v) is 4.88. The van der Waals surface area contributed by atoms with Crippen molar-refractivity contribution in [3.63, 3.8) is 0 Å². The predicted octanol–water partition coefficient (Wildman–Crippen LogP) is 5.78. The highest BCUT2D eigenvalue weighted by atomic mass is 16.3. The molecule has 0 fully saturated rings. The first kappa shape index (κ1) is 22.7. The molecule has 2 aromatic rings. The second kappa shape index (κ2) is 8.40. The van der Waals surface area contributed by atoms with Crippen LogP contribution in [0.4, 0.5) is 0 Å². The predicted molar refractivity (Wildman–Crippen MR) is 121 cm³/mol. The molecule has 0 aromatic heterocycles. The van der Waals surface area contributed by atoms with E-state index in [0.29, 0.717) is 5.56 Å². The van der Waals surface area contributed by atoms with Crippen LogP contribution in [0.2, 0.25) is 0 Å². The summed E-state index contributed by atoms with van der Waals surface area (Å²) in [5.41, 5.74) is 5.95. The van der Waals surface area contributed by atoms with Gasteiger partial charge in [0, 0.05) is 16.7 Å². The topological polar surface area (TPSA) is 61.7 Å². The van der Waals surface area contributed by atoms with Gasteiger partial charge < -0.3 is 5.11 Å². The molecule has 1 amide bonds. The van der Waals surface area contributed by atoms with Crippen LogP contribution in [-0.4, -0.2) is 16.7 Å². The highest BCUT2D eigenvalue weighted by Gasteiger charge is 2.27. The summed E-state index contributed by atoms with van der Waals surface area (Å²) in [5, 5.41) is 15.3. The van der Waals surface area contributed by atoms with Gasteiger partial charge in [-0.05, 0) is 34.4 Å². The van der Waals surface area contributed by atoms with E-state index < -0.39 is 0 Å². The van der Waals surface area contributed by atoms with Crippen molar-refractivity contribution in [2.75, 3.05) is 0 Å². The van der Waals surface area contributed by atoms with Crippen molar-refractivity contribution in [2.45, 2.75) is 66.2 Å².